The molecule has 0 aliphatic carbocycles. The molecule has 22 heavy (non-hydrogen) atoms. The van der Waals surface area contributed by atoms with Gasteiger partial charge in [0, 0.05) is 43.2 Å². The van der Waals surface area contributed by atoms with Gasteiger partial charge in [-0.05, 0) is 17.9 Å². The zero-order valence-electron chi connectivity index (χ0n) is 12.8. The molecule has 2 aromatic rings. The van der Waals surface area contributed by atoms with Crippen molar-refractivity contribution < 1.29 is 9.63 Å². The van der Waals surface area contributed by atoms with Gasteiger partial charge in [-0.2, -0.15) is 16.3 Å². The topological polar surface area (TPSA) is 65.6 Å². The van der Waals surface area contributed by atoms with Crippen molar-refractivity contribution in [3.05, 3.63) is 22.7 Å². The summed E-state index contributed by atoms with van der Waals surface area (Å²) in [5.41, 5.74) is 1.01. The first kappa shape index (κ1) is 15.6. The Kier molecular flexibility index (Phi) is 5.20. The van der Waals surface area contributed by atoms with Crippen LogP contribution in [0.4, 0.5) is 0 Å². The molecule has 120 valence electrons. The molecule has 1 unspecified atom stereocenters. The molecule has 1 atom stereocenters. The Hall–Kier alpha value is -1.28. The second-order valence-corrected chi connectivity index (χ2v) is 6.36. The number of aliphatic hydroxyl groups is 1. The summed E-state index contributed by atoms with van der Waals surface area (Å²) < 4.78 is 5.36. The van der Waals surface area contributed by atoms with Gasteiger partial charge in [-0.1, -0.05) is 12.1 Å². The number of rotatable bonds is 6. The highest BCUT2D eigenvalue weighted by Crippen LogP contribution is 2.19. The van der Waals surface area contributed by atoms with Crippen molar-refractivity contribution in [2.45, 2.75) is 25.9 Å². The van der Waals surface area contributed by atoms with Crippen LogP contribution in [0.1, 0.15) is 19.2 Å². The van der Waals surface area contributed by atoms with Gasteiger partial charge in [0.2, 0.25) is 11.7 Å². The normalized spacial score (nSPS) is 18.6. The van der Waals surface area contributed by atoms with Gasteiger partial charge in [0.25, 0.3) is 0 Å². The Bertz CT molecular complexity index is 560. The predicted octanol–water partition coefficient (Wildman–Crippen LogP) is 1.69. The van der Waals surface area contributed by atoms with E-state index in [2.05, 4.69) is 26.9 Å². The minimum absolute atomic E-state index is 0.240. The maximum absolute atomic E-state index is 9.38. The van der Waals surface area contributed by atoms with Crippen LogP contribution < -0.4 is 0 Å². The Morgan fingerprint density at radius 3 is 2.82 bits per heavy atom. The van der Waals surface area contributed by atoms with Crippen molar-refractivity contribution in [3.8, 4) is 11.4 Å². The average Bonchev–Trinajstić information content (AvgIpc) is 3.21. The van der Waals surface area contributed by atoms with Gasteiger partial charge in [0.15, 0.2) is 0 Å². The molecular weight excluding hydrogens is 300 g/mol. The molecule has 0 bridgehead atoms. The van der Waals surface area contributed by atoms with Crippen LogP contribution in [-0.2, 0) is 6.54 Å². The van der Waals surface area contributed by atoms with Crippen LogP contribution in [0.3, 0.4) is 0 Å². The molecule has 0 saturated carbocycles. The lowest BCUT2D eigenvalue weighted by Gasteiger charge is -2.37. The van der Waals surface area contributed by atoms with Gasteiger partial charge in [-0.15, -0.1) is 0 Å². The lowest BCUT2D eigenvalue weighted by molar-refractivity contribution is 0.0568. The van der Waals surface area contributed by atoms with Gasteiger partial charge < -0.3 is 9.63 Å². The standard InChI is InChI=1S/C15H22N4O2S/c1-2-13(10-20)19-6-4-18(5-7-19)9-14-16-15(17-21-14)12-3-8-22-11-12/h3,8,11,13,20H,2,4-7,9-10H2,1H3. The van der Waals surface area contributed by atoms with Crippen LogP contribution in [-0.4, -0.2) is 63.9 Å². The Balaban J connectivity index is 1.53. The number of nitrogens with zero attached hydrogens (tertiary/aromatic N) is 4. The number of aromatic nitrogens is 2. The van der Waals surface area contributed by atoms with Crippen LogP contribution in [0.15, 0.2) is 21.3 Å². The minimum Gasteiger partial charge on any atom is -0.395 e. The van der Waals surface area contributed by atoms with Crippen LogP contribution in [0.2, 0.25) is 0 Å². The van der Waals surface area contributed by atoms with Crippen molar-refractivity contribution in [3.63, 3.8) is 0 Å². The second kappa shape index (κ2) is 7.32. The van der Waals surface area contributed by atoms with Crippen molar-refractivity contribution in [2.75, 3.05) is 32.8 Å². The molecule has 6 nitrogen and oxygen atoms in total. The summed E-state index contributed by atoms with van der Waals surface area (Å²) in [7, 11) is 0. The molecule has 1 fully saturated rings. The molecule has 1 aliphatic rings. The van der Waals surface area contributed by atoms with E-state index in [1.165, 1.54) is 0 Å². The Morgan fingerprint density at radius 2 is 2.18 bits per heavy atom. The van der Waals surface area contributed by atoms with Crippen LogP contribution in [0.5, 0.6) is 0 Å². The van der Waals surface area contributed by atoms with Gasteiger partial charge >= 0.3 is 0 Å². The summed E-state index contributed by atoms with van der Waals surface area (Å²) in [4.78, 5) is 9.15. The predicted molar refractivity (Wildman–Crippen MR) is 85.6 cm³/mol. The van der Waals surface area contributed by atoms with Crippen molar-refractivity contribution in [1.82, 2.24) is 19.9 Å². The lowest BCUT2D eigenvalue weighted by atomic mass is 10.1. The highest BCUT2D eigenvalue weighted by atomic mass is 32.1. The monoisotopic (exact) mass is 322 g/mol. The molecular formula is C15H22N4O2S. The summed E-state index contributed by atoms with van der Waals surface area (Å²) >= 11 is 1.63. The first-order chi connectivity index (χ1) is 10.8. The second-order valence-electron chi connectivity index (χ2n) is 5.58. The van der Waals surface area contributed by atoms with E-state index in [0.717, 1.165) is 38.2 Å². The Morgan fingerprint density at radius 1 is 1.36 bits per heavy atom. The minimum atomic E-state index is 0.240. The molecule has 1 aliphatic heterocycles. The molecule has 7 heteroatoms. The van der Waals surface area contributed by atoms with E-state index in [9.17, 15) is 5.11 Å². The fourth-order valence-electron chi connectivity index (χ4n) is 2.81. The summed E-state index contributed by atoms with van der Waals surface area (Å²) in [6, 6.07) is 2.29. The van der Waals surface area contributed by atoms with E-state index in [0.29, 0.717) is 18.3 Å². The van der Waals surface area contributed by atoms with Crippen LogP contribution in [0, 0.1) is 0 Å². The highest BCUT2D eigenvalue weighted by Gasteiger charge is 2.23. The van der Waals surface area contributed by atoms with E-state index in [1.54, 1.807) is 11.3 Å². The molecule has 2 aromatic heterocycles. The van der Waals surface area contributed by atoms with Gasteiger partial charge in [0.1, 0.15) is 0 Å². The molecule has 1 saturated heterocycles. The van der Waals surface area contributed by atoms with E-state index >= 15 is 0 Å². The molecule has 3 heterocycles. The largest absolute Gasteiger partial charge is 0.395 e. The first-order valence-corrected chi connectivity index (χ1v) is 8.67. The lowest BCUT2D eigenvalue weighted by Crippen LogP contribution is -2.50. The molecule has 0 spiro atoms. The fourth-order valence-corrected chi connectivity index (χ4v) is 3.44. The zero-order chi connectivity index (χ0) is 15.4. The van der Waals surface area contributed by atoms with E-state index in [1.807, 2.05) is 16.8 Å². The maximum atomic E-state index is 9.38. The van der Waals surface area contributed by atoms with Crippen molar-refractivity contribution >= 4 is 11.3 Å². The number of aliphatic hydroxyl groups excluding tert-OH is 1. The third-order valence-corrected chi connectivity index (χ3v) is 4.89. The summed E-state index contributed by atoms with van der Waals surface area (Å²) in [6.45, 7) is 6.94. The average molecular weight is 322 g/mol. The molecule has 3 rings (SSSR count). The van der Waals surface area contributed by atoms with Crippen molar-refractivity contribution in [2.24, 2.45) is 0 Å². The molecule has 1 N–H and O–H groups in total. The summed E-state index contributed by atoms with van der Waals surface area (Å²) in [5, 5.41) is 17.5. The smallest absolute Gasteiger partial charge is 0.241 e. The van der Waals surface area contributed by atoms with Gasteiger partial charge in [0.05, 0.1) is 13.2 Å². The highest BCUT2D eigenvalue weighted by molar-refractivity contribution is 7.08. The first-order valence-electron chi connectivity index (χ1n) is 7.72. The number of hydrogen-bond acceptors (Lipinski definition) is 7. The number of piperazine rings is 1. The van der Waals surface area contributed by atoms with E-state index in [4.69, 9.17) is 4.52 Å². The zero-order valence-corrected chi connectivity index (χ0v) is 13.6. The molecule has 0 aromatic carbocycles. The third kappa shape index (κ3) is 3.55. The summed E-state index contributed by atoms with van der Waals surface area (Å²) in [5.74, 6) is 1.34. The van der Waals surface area contributed by atoms with Crippen LogP contribution in [0.25, 0.3) is 11.4 Å². The quantitative estimate of drug-likeness (QED) is 0.873. The SMILES string of the molecule is CCC(CO)N1CCN(Cc2nc(-c3ccsc3)no2)CC1. The fraction of sp³-hybridized carbons (Fsp3) is 0.600. The molecule has 0 amide bonds. The van der Waals surface area contributed by atoms with E-state index in [-0.39, 0.29) is 12.6 Å². The van der Waals surface area contributed by atoms with Gasteiger partial charge in [-0.3, -0.25) is 9.80 Å². The van der Waals surface area contributed by atoms with Crippen molar-refractivity contribution in [1.29, 1.82) is 0 Å². The summed E-state index contributed by atoms with van der Waals surface area (Å²) in [6.07, 6.45) is 0.990. The third-order valence-electron chi connectivity index (χ3n) is 4.21. The number of hydrogen-bond donors (Lipinski definition) is 1. The molecule has 0 radical (unpaired) electrons. The maximum Gasteiger partial charge on any atom is 0.241 e. The Labute approximate surface area is 134 Å². The number of thiophene rings is 1. The van der Waals surface area contributed by atoms with Gasteiger partial charge in [-0.25, -0.2) is 0 Å². The van der Waals surface area contributed by atoms with Crippen LogP contribution >= 0.6 is 11.3 Å². The van der Waals surface area contributed by atoms with E-state index < -0.39 is 0 Å².